The number of amides is 1. The third-order valence-electron chi connectivity index (χ3n) is 2.89. The number of aryl methyl sites for hydroxylation is 1. The van der Waals surface area contributed by atoms with E-state index in [0.717, 1.165) is 25.9 Å². The Morgan fingerprint density at radius 2 is 2.29 bits per heavy atom. The fraction of sp³-hybridized carbons (Fsp3) is 0.615. The highest BCUT2D eigenvalue weighted by Crippen LogP contribution is 2.16. The fourth-order valence-electron chi connectivity index (χ4n) is 1.66. The minimum absolute atomic E-state index is 0.245. The van der Waals surface area contributed by atoms with Crippen molar-refractivity contribution in [3.63, 3.8) is 0 Å². The number of nitrogens with zero attached hydrogens (tertiary/aromatic N) is 1. The number of hydrogen-bond acceptors (Lipinski definition) is 3. The third kappa shape index (κ3) is 4.88. The highest BCUT2D eigenvalue weighted by atomic mass is 32.1. The van der Waals surface area contributed by atoms with Gasteiger partial charge in [-0.15, -0.1) is 11.3 Å². The molecule has 1 aromatic heterocycles. The molecule has 0 radical (unpaired) electrons. The van der Waals surface area contributed by atoms with Crippen LogP contribution < -0.4 is 5.32 Å². The predicted molar refractivity (Wildman–Crippen MR) is 73.6 cm³/mol. The molecule has 0 fully saturated rings. The topological polar surface area (TPSA) is 32.3 Å². The van der Waals surface area contributed by atoms with Crippen molar-refractivity contribution in [2.24, 2.45) is 0 Å². The van der Waals surface area contributed by atoms with Gasteiger partial charge in [0.1, 0.15) is 0 Å². The molecular weight excluding hydrogens is 232 g/mol. The van der Waals surface area contributed by atoms with Gasteiger partial charge in [-0.1, -0.05) is 0 Å². The van der Waals surface area contributed by atoms with Crippen molar-refractivity contribution in [2.45, 2.75) is 26.2 Å². The lowest BCUT2D eigenvalue weighted by molar-refractivity contribution is -0.129. The van der Waals surface area contributed by atoms with Crippen molar-refractivity contribution in [3.8, 4) is 0 Å². The highest BCUT2D eigenvalue weighted by Gasteiger charge is 2.09. The normalized spacial score (nSPS) is 10.5. The van der Waals surface area contributed by atoms with Crippen LogP contribution in [0.1, 0.15) is 23.3 Å². The van der Waals surface area contributed by atoms with Crippen LogP contribution in [0, 0.1) is 6.92 Å². The van der Waals surface area contributed by atoms with Gasteiger partial charge in [0.2, 0.25) is 5.91 Å². The van der Waals surface area contributed by atoms with Crippen molar-refractivity contribution < 1.29 is 4.79 Å². The Labute approximate surface area is 108 Å². The molecule has 1 aromatic rings. The van der Waals surface area contributed by atoms with Crippen LogP contribution in [0.5, 0.6) is 0 Å². The molecule has 0 bridgehead atoms. The summed E-state index contributed by atoms with van der Waals surface area (Å²) in [4.78, 5) is 15.0. The minimum Gasteiger partial charge on any atom is -0.345 e. The third-order valence-corrected chi connectivity index (χ3v) is 3.97. The van der Waals surface area contributed by atoms with Gasteiger partial charge in [0.15, 0.2) is 0 Å². The van der Waals surface area contributed by atoms with E-state index in [9.17, 15) is 4.79 Å². The van der Waals surface area contributed by atoms with Gasteiger partial charge in [0, 0.05) is 24.9 Å². The molecule has 0 atom stereocenters. The lowest BCUT2D eigenvalue weighted by Crippen LogP contribution is -2.29. The second-order valence-electron chi connectivity index (χ2n) is 4.30. The average Bonchev–Trinajstić information content (AvgIpc) is 2.72. The number of carbonyl (C=O) groups excluding carboxylic acids is 1. The van der Waals surface area contributed by atoms with Crippen LogP contribution in [0.15, 0.2) is 11.4 Å². The summed E-state index contributed by atoms with van der Waals surface area (Å²) in [6.07, 6.45) is 2.52. The van der Waals surface area contributed by atoms with Crippen LogP contribution in [-0.2, 0) is 11.2 Å². The van der Waals surface area contributed by atoms with Crippen LogP contribution in [0.4, 0.5) is 0 Å². The zero-order valence-electron chi connectivity index (χ0n) is 11.0. The molecule has 4 heteroatoms. The van der Waals surface area contributed by atoms with E-state index in [2.05, 4.69) is 23.7 Å². The van der Waals surface area contributed by atoms with Gasteiger partial charge in [-0.3, -0.25) is 4.79 Å². The number of likely N-dealkylation sites (N-methyl/N-ethyl adjacent to an activating group) is 1. The summed E-state index contributed by atoms with van der Waals surface area (Å²) in [6, 6.07) is 2.13. The lowest BCUT2D eigenvalue weighted by atomic mass is 10.2. The van der Waals surface area contributed by atoms with Gasteiger partial charge in [-0.05, 0) is 50.4 Å². The van der Waals surface area contributed by atoms with Gasteiger partial charge in [0.25, 0.3) is 0 Å². The van der Waals surface area contributed by atoms with Gasteiger partial charge in [0.05, 0.1) is 0 Å². The Kier molecular flexibility index (Phi) is 6.22. The molecule has 0 saturated carbocycles. The summed E-state index contributed by atoms with van der Waals surface area (Å²) in [6.45, 7) is 3.85. The van der Waals surface area contributed by atoms with Gasteiger partial charge in [-0.25, -0.2) is 0 Å². The van der Waals surface area contributed by atoms with Crippen LogP contribution in [-0.4, -0.2) is 38.0 Å². The maximum absolute atomic E-state index is 11.8. The van der Waals surface area contributed by atoms with Gasteiger partial charge >= 0.3 is 0 Å². The zero-order valence-corrected chi connectivity index (χ0v) is 11.8. The maximum atomic E-state index is 11.8. The van der Waals surface area contributed by atoms with Crippen LogP contribution in [0.3, 0.4) is 0 Å². The first-order valence-corrected chi connectivity index (χ1v) is 6.94. The standard InChI is InChI=1S/C13H22N2OS/c1-11-7-10-17-12(11)6-9-15(3)13(16)5-4-8-14-2/h7,10,14H,4-6,8-9H2,1-3H3. The smallest absolute Gasteiger partial charge is 0.222 e. The van der Waals surface area contributed by atoms with Gasteiger partial charge in [-0.2, -0.15) is 0 Å². The van der Waals surface area contributed by atoms with E-state index in [1.165, 1.54) is 10.4 Å². The first kappa shape index (κ1) is 14.2. The van der Waals surface area contributed by atoms with E-state index in [-0.39, 0.29) is 5.91 Å². The summed E-state index contributed by atoms with van der Waals surface area (Å²) in [7, 11) is 3.80. The fourth-order valence-corrected chi connectivity index (χ4v) is 2.56. The number of carbonyl (C=O) groups is 1. The Morgan fingerprint density at radius 3 is 2.88 bits per heavy atom. The number of rotatable bonds is 7. The van der Waals surface area contributed by atoms with E-state index < -0.39 is 0 Å². The quantitative estimate of drug-likeness (QED) is 0.755. The van der Waals surface area contributed by atoms with Crippen LogP contribution in [0.25, 0.3) is 0 Å². The second kappa shape index (κ2) is 7.45. The predicted octanol–water partition coefficient (Wildman–Crippen LogP) is 2.06. The molecule has 96 valence electrons. The Balaban J connectivity index is 2.27. The van der Waals surface area contributed by atoms with Gasteiger partial charge < -0.3 is 10.2 Å². The van der Waals surface area contributed by atoms with E-state index in [4.69, 9.17) is 0 Å². The van der Waals surface area contributed by atoms with E-state index >= 15 is 0 Å². The molecule has 3 nitrogen and oxygen atoms in total. The van der Waals surface area contributed by atoms with Crippen molar-refractivity contribution in [1.29, 1.82) is 0 Å². The summed E-state index contributed by atoms with van der Waals surface area (Å²) in [5.74, 6) is 0.245. The molecule has 0 aliphatic carbocycles. The molecule has 0 spiro atoms. The molecular formula is C13H22N2OS. The number of nitrogens with one attached hydrogen (secondary N) is 1. The Bertz CT molecular complexity index is 349. The summed E-state index contributed by atoms with van der Waals surface area (Å²) >= 11 is 1.78. The minimum atomic E-state index is 0.245. The van der Waals surface area contributed by atoms with Crippen LogP contribution >= 0.6 is 11.3 Å². The molecule has 17 heavy (non-hydrogen) atoms. The van der Waals surface area contributed by atoms with Crippen molar-refractivity contribution in [3.05, 3.63) is 21.9 Å². The summed E-state index contributed by atoms with van der Waals surface area (Å²) in [5.41, 5.74) is 1.34. The van der Waals surface area contributed by atoms with Crippen molar-refractivity contribution in [2.75, 3.05) is 27.2 Å². The molecule has 1 rings (SSSR count). The molecule has 0 aromatic carbocycles. The summed E-state index contributed by atoms with van der Waals surface area (Å²) < 4.78 is 0. The monoisotopic (exact) mass is 254 g/mol. The Morgan fingerprint density at radius 1 is 1.53 bits per heavy atom. The second-order valence-corrected chi connectivity index (χ2v) is 5.30. The SMILES string of the molecule is CNCCCC(=O)N(C)CCc1sccc1C. The highest BCUT2D eigenvalue weighted by molar-refractivity contribution is 7.10. The first-order valence-electron chi connectivity index (χ1n) is 6.06. The maximum Gasteiger partial charge on any atom is 0.222 e. The first-order chi connectivity index (χ1) is 8.15. The number of thiophene rings is 1. The summed E-state index contributed by atoms with van der Waals surface area (Å²) in [5, 5.41) is 5.17. The molecule has 1 N–H and O–H groups in total. The van der Waals surface area contributed by atoms with E-state index in [0.29, 0.717) is 6.42 Å². The molecule has 1 heterocycles. The average molecular weight is 254 g/mol. The molecule has 0 aliphatic rings. The zero-order chi connectivity index (χ0) is 12.7. The van der Waals surface area contributed by atoms with E-state index in [1.807, 2.05) is 19.0 Å². The molecule has 1 amide bonds. The lowest BCUT2D eigenvalue weighted by Gasteiger charge is -2.16. The van der Waals surface area contributed by atoms with E-state index in [1.54, 1.807) is 11.3 Å². The molecule has 0 unspecified atom stereocenters. The number of hydrogen-bond donors (Lipinski definition) is 1. The Hall–Kier alpha value is -0.870. The van der Waals surface area contributed by atoms with Crippen LogP contribution in [0.2, 0.25) is 0 Å². The molecule has 0 aliphatic heterocycles. The molecule has 0 saturated heterocycles. The van der Waals surface area contributed by atoms with Crippen molar-refractivity contribution in [1.82, 2.24) is 10.2 Å². The largest absolute Gasteiger partial charge is 0.345 e. The van der Waals surface area contributed by atoms with Crippen molar-refractivity contribution >= 4 is 17.2 Å².